The van der Waals surface area contributed by atoms with Gasteiger partial charge in [0.2, 0.25) is 5.95 Å². The van der Waals surface area contributed by atoms with E-state index in [0.29, 0.717) is 11.1 Å². The molecule has 2 aromatic carbocycles. The lowest BCUT2D eigenvalue weighted by Crippen LogP contribution is -2.10. The van der Waals surface area contributed by atoms with Crippen LogP contribution in [-0.2, 0) is 6.18 Å². The van der Waals surface area contributed by atoms with E-state index in [2.05, 4.69) is 20.0 Å². The maximum atomic E-state index is 12.9. The molecule has 0 aliphatic rings. The Bertz CT molecular complexity index is 1120. The van der Waals surface area contributed by atoms with Gasteiger partial charge in [-0.25, -0.2) is 14.8 Å². The number of nitrogens with one attached hydrogen (secondary N) is 1. The van der Waals surface area contributed by atoms with E-state index in [1.165, 1.54) is 18.2 Å². The number of hydrogen-bond acceptors (Lipinski definition) is 5. The number of benzene rings is 2. The third kappa shape index (κ3) is 5.24. The van der Waals surface area contributed by atoms with Crippen molar-refractivity contribution in [3.05, 3.63) is 65.5 Å². The van der Waals surface area contributed by atoms with Gasteiger partial charge in [-0.2, -0.15) is 22.0 Å². The van der Waals surface area contributed by atoms with Crippen LogP contribution in [0.1, 0.15) is 21.6 Å². The van der Waals surface area contributed by atoms with Gasteiger partial charge in [0.1, 0.15) is 17.0 Å². The molecule has 0 aliphatic heterocycles. The minimum Gasteiger partial charge on any atom is -0.478 e. The van der Waals surface area contributed by atoms with E-state index >= 15 is 0 Å². The fourth-order valence-electron chi connectivity index (χ4n) is 2.87. The molecule has 0 saturated heterocycles. The zero-order valence-electron chi connectivity index (χ0n) is 15.7. The smallest absolute Gasteiger partial charge is 0.433 e. The lowest BCUT2D eigenvalue weighted by atomic mass is 9.99. The summed E-state index contributed by atoms with van der Waals surface area (Å²) in [5, 5.41) is 11.9. The van der Waals surface area contributed by atoms with E-state index in [1.807, 2.05) is 0 Å². The summed E-state index contributed by atoms with van der Waals surface area (Å²) in [6.07, 6.45) is -3.71. The van der Waals surface area contributed by atoms with Crippen molar-refractivity contribution in [3.63, 3.8) is 0 Å². The Balaban J connectivity index is 2.05. The number of halogens is 5. The van der Waals surface area contributed by atoms with Crippen molar-refractivity contribution >= 4 is 17.6 Å². The number of aromatic carboxylic acids is 1. The van der Waals surface area contributed by atoms with Crippen molar-refractivity contribution < 1.29 is 36.6 Å². The predicted octanol–water partition coefficient (Wildman–Crippen LogP) is 5.51. The molecule has 0 aliphatic carbocycles. The highest BCUT2D eigenvalue weighted by molar-refractivity contribution is 5.94. The van der Waals surface area contributed by atoms with Gasteiger partial charge in [-0.05, 0) is 42.3 Å². The van der Waals surface area contributed by atoms with E-state index in [4.69, 9.17) is 0 Å². The average molecular weight is 439 g/mol. The largest absolute Gasteiger partial charge is 0.478 e. The van der Waals surface area contributed by atoms with Gasteiger partial charge >= 0.3 is 18.8 Å². The van der Waals surface area contributed by atoms with Crippen LogP contribution in [0.2, 0.25) is 0 Å². The molecule has 3 rings (SSSR count). The topological polar surface area (TPSA) is 84.3 Å². The zero-order chi connectivity index (χ0) is 22.8. The summed E-state index contributed by atoms with van der Waals surface area (Å²) in [6, 6.07) is 9.17. The standard InChI is InChI=1S/C20H14F5N3O3/c1-10-7-11(13-3-2-4-14(17(29)30)16(13)31-18(21)22)9-12(8-10)27-19-26-6-5-15(28-19)20(23,24)25/h2-9,18H,1H3,(H,29,30)(H,26,27,28). The Morgan fingerprint density at radius 1 is 1.16 bits per heavy atom. The number of hydrogen-bond donors (Lipinski definition) is 2. The van der Waals surface area contributed by atoms with Gasteiger partial charge in [-0.3, -0.25) is 0 Å². The van der Waals surface area contributed by atoms with Crippen LogP contribution < -0.4 is 10.1 Å². The highest BCUT2D eigenvalue weighted by Gasteiger charge is 2.32. The zero-order valence-corrected chi connectivity index (χ0v) is 15.7. The van der Waals surface area contributed by atoms with Crippen LogP contribution in [0.4, 0.5) is 33.6 Å². The average Bonchev–Trinajstić information content (AvgIpc) is 2.66. The number of ether oxygens (including phenoxy) is 1. The number of carbonyl (C=O) groups is 1. The summed E-state index contributed by atoms with van der Waals surface area (Å²) in [7, 11) is 0. The molecule has 1 aromatic heterocycles. The fourth-order valence-corrected chi connectivity index (χ4v) is 2.87. The summed E-state index contributed by atoms with van der Waals surface area (Å²) < 4.78 is 68.9. The Kier molecular flexibility index (Phi) is 6.04. The first-order valence-corrected chi connectivity index (χ1v) is 8.65. The molecule has 0 fully saturated rings. The third-order valence-corrected chi connectivity index (χ3v) is 4.04. The molecule has 11 heteroatoms. The number of para-hydroxylation sites is 1. The summed E-state index contributed by atoms with van der Waals surface area (Å²) in [5.74, 6) is -2.31. The molecule has 0 radical (unpaired) electrons. The van der Waals surface area contributed by atoms with Crippen molar-refractivity contribution in [3.8, 4) is 16.9 Å². The number of alkyl halides is 5. The van der Waals surface area contributed by atoms with E-state index in [1.54, 1.807) is 19.1 Å². The van der Waals surface area contributed by atoms with Crippen LogP contribution in [0.5, 0.6) is 5.75 Å². The molecule has 0 bridgehead atoms. The number of aryl methyl sites for hydroxylation is 1. The van der Waals surface area contributed by atoms with Crippen LogP contribution in [0, 0.1) is 6.92 Å². The van der Waals surface area contributed by atoms with E-state index in [9.17, 15) is 31.9 Å². The number of rotatable bonds is 6. The Hall–Kier alpha value is -3.76. The number of anilines is 2. The van der Waals surface area contributed by atoms with E-state index in [-0.39, 0.29) is 17.2 Å². The van der Waals surface area contributed by atoms with Crippen LogP contribution >= 0.6 is 0 Å². The quantitative estimate of drug-likeness (QED) is 0.493. The third-order valence-electron chi connectivity index (χ3n) is 4.04. The van der Waals surface area contributed by atoms with Crippen molar-refractivity contribution in [2.24, 2.45) is 0 Å². The summed E-state index contributed by atoms with van der Waals surface area (Å²) in [6.45, 7) is -1.60. The minimum atomic E-state index is -4.66. The monoisotopic (exact) mass is 439 g/mol. The molecular weight excluding hydrogens is 425 g/mol. The second kappa shape index (κ2) is 8.54. The summed E-state index contributed by atoms with van der Waals surface area (Å²) >= 11 is 0. The highest BCUT2D eigenvalue weighted by atomic mass is 19.4. The molecule has 6 nitrogen and oxygen atoms in total. The van der Waals surface area contributed by atoms with Crippen molar-refractivity contribution in [1.82, 2.24) is 9.97 Å². The van der Waals surface area contributed by atoms with Crippen LogP contribution in [0.15, 0.2) is 48.7 Å². The SMILES string of the molecule is Cc1cc(Nc2nccc(C(F)(F)F)n2)cc(-c2cccc(C(=O)O)c2OC(F)F)c1. The van der Waals surface area contributed by atoms with Crippen molar-refractivity contribution in [1.29, 1.82) is 0 Å². The Labute approximate surface area is 172 Å². The van der Waals surface area contributed by atoms with Crippen molar-refractivity contribution in [2.75, 3.05) is 5.32 Å². The first kappa shape index (κ1) is 21.9. The van der Waals surface area contributed by atoms with E-state index < -0.39 is 35.8 Å². The number of carboxylic acids is 1. The molecule has 0 spiro atoms. The predicted molar refractivity (Wildman–Crippen MR) is 101 cm³/mol. The van der Waals surface area contributed by atoms with Crippen LogP contribution in [0.25, 0.3) is 11.1 Å². The first-order chi connectivity index (χ1) is 14.5. The normalized spacial score (nSPS) is 11.5. The second-order valence-corrected chi connectivity index (χ2v) is 6.34. The second-order valence-electron chi connectivity index (χ2n) is 6.34. The van der Waals surface area contributed by atoms with E-state index in [0.717, 1.165) is 18.3 Å². The van der Waals surface area contributed by atoms with Gasteiger partial charge < -0.3 is 15.2 Å². The van der Waals surface area contributed by atoms with Crippen LogP contribution in [-0.4, -0.2) is 27.7 Å². The first-order valence-electron chi connectivity index (χ1n) is 8.65. The summed E-state index contributed by atoms with van der Waals surface area (Å²) in [5.41, 5.74) is -0.367. The molecule has 162 valence electrons. The van der Waals surface area contributed by atoms with Gasteiger partial charge in [0.05, 0.1) is 0 Å². The summed E-state index contributed by atoms with van der Waals surface area (Å²) in [4.78, 5) is 18.6. The molecule has 0 saturated carbocycles. The maximum Gasteiger partial charge on any atom is 0.433 e. The van der Waals surface area contributed by atoms with Gasteiger partial charge in [-0.1, -0.05) is 18.2 Å². The molecular formula is C20H14F5N3O3. The van der Waals surface area contributed by atoms with Crippen molar-refractivity contribution in [2.45, 2.75) is 19.7 Å². The lowest BCUT2D eigenvalue weighted by molar-refractivity contribution is -0.141. The lowest BCUT2D eigenvalue weighted by Gasteiger charge is -2.15. The molecule has 31 heavy (non-hydrogen) atoms. The molecule has 1 heterocycles. The van der Waals surface area contributed by atoms with Gasteiger partial charge in [0, 0.05) is 17.4 Å². The molecule has 0 atom stereocenters. The van der Waals surface area contributed by atoms with Gasteiger partial charge in [0.15, 0.2) is 0 Å². The number of carboxylic acid groups (broad SMARTS) is 1. The maximum absolute atomic E-state index is 12.9. The molecule has 3 aromatic rings. The fraction of sp³-hybridized carbons (Fsp3) is 0.150. The van der Waals surface area contributed by atoms with Gasteiger partial charge in [0.25, 0.3) is 0 Å². The number of nitrogens with zero attached hydrogens (tertiary/aromatic N) is 2. The molecule has 0 amide bonds. The van der Waals surface area contributed by atoms with Gasteiger partial charge in [-0.15, -0.1) is 0 Å². The Morgan fingerprint density at radius 2 is 1.90 bits per heavy atom. The highest BCUT2D eigenvalue weighted by Crippen LogP contribution is 2.36. The number of aromatic nitrogens is 2. The molecule has 2 N–H and O–H groups in total. The van der Waals surface area contributed by atoms with Crippen LogP contribution in [0.3, 0.4) is 0 Å². The minimum absolute atomic E-state index is 0.0666. The Morgan fingerprint density at radius 3 is 2.55 bits per heavy atom. The molecule has 0 unspecified atom stereocenters.